The lowest BCUT2D eigenvalue weighted by molar-refractivity contribution is -0.145. The lowest BCUT2D eigenvalue weighted by Crippen LogP contribution is -2.50. The first-order valence-electron chi connectivity index (χ1n) is 16.1. The molecule has 11 heteroatoms. The first-order valence-corrected chi connectivity index (χ1v) is 16.1. The number of nitrogens with two attached hydrogens (primary N) is 1. The van der Waals surface area contributed by atoms with Crippen LogP contribution in [-0.4, -0.2) is 77.8 Å². The van der Waals surface area contributed by atoms with Gasteiger partial charge in [-0.1, -0.05) is 42.9 Å². The quantitative estimate of drug-likeness (QED) is 0.0885. The number of allylic oxidation sites excluding steroid dienone is 2. The zero-order valence-electron chi connectivity index (χ0n) is 27.4. The standard InChI is InChI=1S/C35H49N3O8/c1-21(6-13-30-22(2)16-29(24(4)45-30)38-32(40)15-8-23(3)44-25(5)39)7-14-31-34(42)35(20-43-35)18-28(46-31)17-33(41)37-19-26-9-11-27(36)12-10-26/h6-12,14-15,22-24,28-31,34,42H,13,16-20,36H2,1-5H3,(H,37,41)(H,38,40)/t22-,23-,24+,28+,29+,30-,31+,34+,35+/m0/s1. The number of amides is 2. The molecule has 3 saturated heterocycles. The van der Waals surface area contributed by atoms with Crippen molar-refractivity contribution in [2.45, 2.75) is 115 Å². The number of epoxide rings is 1. The fourth-order valence-corrected chi connectivity index (χ4v) is 6.00. The third-order valence-corrected chi connectivity index (χ3v) is 8.81. The van der Waals surface area contributed by atoms with Crippen molar-refractivity contribution in [3.8, 4) is 0 Å². The van der Waals surface area contributed by atoms with Crippen molar-refractivity contribution in [2.24, 2.45) is 5.92 Å². The molecule has 3 fully saturated rings. The molecule has 46 heavy (non-hydrogen) atoms. The predicted molar refractivity (Wildman–Crippen MR) is 173 cm³/mol. The number of esters is 1. The van der Waals surface area contributed by atoms with Crippen LogP contribution in [0.2, 0.25) is 0 Å². The summed E-state index contributed by atoms with van der Waals surface area (Å²) in [6, 6.07) is 7.22. The summed E-state index contributed by atoms with van der Waals surface area (Å²) in [6.07, 6.45) is 8.44. The third kappa shape index (κ3) is 10.2. The second-order valence-corrected chi connectivity index (χ2v) is 12.9. The van der Waals surface area contributed by atoms with Crippen LogP contribution in [0.5, 0.6) is 0 Å². The largest absolute Gasteiger partial charge is 0.459 e. The molecule has 0 bridgehead atoms. The fourth-order valence-electron chi connectivity index (χ4n) is 6.00. The number of hydrogen-bond donors (Lipinski definition) is 4. The minimum atomic E-state index is -0.819. The van der Waals surface area contributed by atoms with E-state index in [0.29, 0.717) is 31.7 Å². The van der Waals surface area contributed by atoms with Gasteiger partial charge >= 0.3 is 5.97 Å². The van der Waals surface area contributed by atoms with Crippen LogP contribution < -0.4 is 16.4 Å². The van der Waals surface area contributed by atoms with Crippen LogP contribution in [0, 0.1) is 5.92 Å². The Kier molecular flexibility index (Phi) is 12.2. The van der Waals surface area contributed by atoms with Gasteiger partial charge in [-0.05, 0) is 63.3 Å². The molecular formula is C35H49N3O8. The lowest BCUT2D eigenvalue weighted by atomic mass is 9.87. The Balaban J connectivity index is 1.25. The van der Waals surface area contributed by atoms with Crippen molar-refractivity contribution in [3.63, 3.8) is 0 Å². The van der Waals surface area contributed by atoms with Gasteiger partial charge < -0.3 is 40.4 Å². The molecule has 3 aliphatic heterocycles. The summed E-state index contributed by atoms with van der Waals surface area (Å²) in [5.74, 6) is -0.571. The summed E-state index contributed by atoms with van der Waals surface area (Å²) in [4.78, 5) is 36.2. The SMILES string of the molecule is CC(=O)O[C@@H](C)C=CC(=O)N[C@@H]1C[C@H](C)[C@H](CC=C(C)C=C[C@H]2O[C@H](CC(=O)NCc3ccc(N)cc3)C[C@@]3(CO3)[C@@H]2O)O[C@@H]1C. The summed E-state index contributed by atoms with van der Waals surface area (Å²) < 4.78 is 23.2. The fraction of sp³-hybridized carbons (Fsp3) is 0.571. The number of aliphatic hydroxyl groups excluding tert-OH is 1. The number of aliphatic hydroxyl groups is 1. The highest BCUT2D eigenvalue weighted by molar-refractivity contribution is 5.87. The Labute approximate surface area is 271 Å². The van der Waals surface area contributed by atoms with Gasteiger partial charge in [-0.3, -0.25) is 14.4 Å². The number of nitrogen functional groups attached to an aromatic ring is 1. The molecule has 0 aliphatic carbocycles. The first-order chi connectivity index (χ1) is 21.8. The molecule has 1 aromatic carbocycles. The van der Waals surface area contributed by atoms with E-state index in [9.17, 15) is 19.5 Å². The van der Waals surface area contributed by atoms with E-state index in [1.807, 2.05) is 38.1 Å². The highest BCUT2D eigenvalue weighted by Crippen LogP contribution is 2.43. The zero-order valence-corrected chi connectivity index (χ0v) is 27.4. The molecule has 0 aromatic heterocycles. The van der Waals surface area contributed by atoms with Crippen molar-refractivity contribution in [1.29, 1.82) is 0 Å². The molecule has 0 saturated carbocycles. The lowest BCUT2D eigenvalue weighted by Gasteiger charge is -2.39. The predicted octanol–water partition coefficient (Wildman–Crippen LogP) is 3.26. The smallest absolute Gasteiger partial charge is 0.303 e. The summed E-state index contributed by atoms with van der Waals surface area (Å²) >= 11 is 0. The molecule has 2 amide bonds. The van der Waals surface area contributed by atoms with Crippen molar-refractivity contribution in [3.05, 3.63) is 65.8 Å². The van der Waals surface area contributed by atoms with Crippen LogP contribution in [0.3, 0.4) is 0 Å². The maximum Gasteiger partial charge on any atom is 0.303 e. The molecule has 3 aliphatic rings. The van der Waals surface area contributed by atoms with Crippen LogP contribution in [0.4, 0.5) is 5.69 Å². The third-order valence-electron chi connectivity index (χ3n) is 8.81. The average Bonchev–Trinajstić information content (AvgIpc) is 3.77. The zero-order chi connectivity index (χ0) is 33.4. The Morgan fingerprint density at radius 1 is 1.15 bits per heavy atom. The van der Waals surface area contributed by atoms with Crippen LogP contribution in [0.1, 0.15) is 65.9 Å². The van der Waals surface area contributed by atoms with Gasteiger partial charge in [0.1, 0.15) is 23.9 Å². The van der Waals surface area contributed by atoms with Gasteiger partial charge in [0.15, 0.2) is 0 Å². The Hall–Kier alpha value is -3.51. The number of rotatable bonds is 12. The minimum Gasteiger partial charge on any atom is -0.459 e. The second-order valence-electron chi connectivity index (χ2n) is 12.9. The van der Waals surface area contributed by atoms with Crippen LogP contribution >= 0.6 is 0 Å². The number of hydrogen-bond acceptors (Lipinski definition) is 9. The van der Waals surface area contributed by atoms with E-state index in [1.54, 1.807) is 25.1 Å². The van der Waals surface area contributed by atoms with Gasteiger partial charge in [-0.25, -0.2) is 0 Å². The molecule has 4 rings (SSSR count). The Morgan fingerprint density at radius 3 is 2.54 bits per heavy atom. The molecule has 9 atom stereocenters. The maximum absolute atomic E-state index is 12.7. The highest BCUT2D eigenvalue weighted by atomic mass is 16.6. The summed E-state index contributed by atoms with van der Waals surface area (Å²) in [7, 11) is 0. The van der Waals surface area contributed by atoms with Crippen molar-refractivity contribution < 1.29 is 38.4 Å². The number of anilines is 1. The Morgan fingerprint density at radius 2 is 1.87 bits per heavy atom. The van der Waals surface area contributed by atoms with E-state index in [2.05, 4.69) is 23.6 Å². The Bertz CT molecular complexity index is 1310. The van der Waals surface area contributed by atoms with Crippen molar-refractivity contribution >= 4 is 23.5 Å². The minimum absolute atomic E-state index is 0.0122. The van der Waals surface area contributed by atoms with Crippen molar-refractivity contribution in [2.75, 3.05) is 12.3 Å². The summed E-state index contributed by atoms with van der Waals surface area (Å²) in [5, 5.41) is 16.9. The van der Waals surface area contributed by atoms with Gasteiger partial charge in [-0.2, -0.15) is 0 Å². The molecule has 11 nitrogen and oxygen atoms in total. The normalized spacial score (nSPS) is 32.0. The topological polar surface area (TPSA) is 162 Å². The van der Waals surface area contributed by atoms with E-state index in [0.717, 1.165) is 17.6 Å². The molecule has 3 heterocycles. The molecule has 0 unspecified atom stereocenters. The van der Waals surface area contributed by atoms with Crippen LogP contribution in [0.15, 0.2) is 60.2 Å². The van der Waals surface area contributed by atoms with Crippen LogP contribution in [0.25, 0.3) is 0 Å². The molecule has 5 N–H and O–H groups in total. The average molecular weight is 640 g/mol. The first kappa shape index (κ1) is 35.3. The monoisotopic (exact) mass is 639 g/mol. The van der Waals surface area contributed by atoms with E-state index in [-0.39, 0.29) is 48.5 Å². The van der Waals surface area contributed by atoms with E-state index in [4.69, 9.17) is 24.7 Å². The van der Waals surface area contributed by atoms with Gasteiger partial charge in [0, 0.05) is 31.7 Å². The van der Waals surface area contributed by atoms with Gasteiger partial charge in [0.2, 0.25) is 11.8 Å². The van der Waals surface area contributed by atoms with Gasteiger partial charge in [0.05, 0.1) is 37.4 Å². The van der Waals surface area contributed by atoms with E-state index >= 15 is 0 Å². The number of ether oxygens (including phenoxy) is 4. The second kappa shape index (κ2) is 15.9. The molecule has 1 aromatic rings. The van der Waals surface area contributed by atoms with Gasteiger partial charge in [0.25, 0.3) is 0 Å². The van der Waals surface area contributed by atoms with Crippen LogP contribution in [-0.2, 0) is 39.9 Å². The number of nitrogens with one attached hydrogen (secondary N) is 2. The number of benzene rings is 1. The molecule has 1 spiro atoms. The molecule has 0 radical (unpaired) electrons. The molecular weight excluding hydrogens is 590 g/mol. The number of carbonyl (C=O) groups is 3. The van der Waals surface area contributed by atoms with Crippen molar-refractivity contribution in [1.82, 2.24) is 10.6 Å². The highest BCUT2D eigenvalue weighted by Gasteiger charge is 2.58. The van der Waals surface area contributed by atoms with E-state index < -0.39 is 29.9 Å². The number of carbonyl (C=O) groups excluding carboxylic acids is 3. The molecule has 252 valence electrons. The summed E-state index contributed by atoms with van der Waals surface area (Å²) in [6.45, 7) is 9.92. The van der Waals surface area contributed by atoms with E-state index in [1.165, 1.54) is 13.0 Å². The maximum atomic E-state index is 12.7. The summed E-state index contributed by atoms with van der Waals surface area (Å²) in [5.41, 5.74) is 7.69. The van der Waals surface area contributed by atoms with Gasteiger partial charge in [-0.15, -0.1) is 0 Å².